The van der Waals surface area contributed by atoms with Crippen LogP contribution in [0.5, 0.6) is 11.5 Å². The molecule has 168 valence electrons. The van der Waals surface area contributed by atoms with Gasteiger partial charge in [-0.2, -0.15) is 0 Å². The summed E-state index contributed by atoms with van der Waals surface area (Å²) >= 11 is 0. The molecule has 0 saturated heterocycles. The van der Waals surface area contributed by atoms with Crippen molar-refractivity contribution in [2.75, 3.05) is 5.32 Å². The number of aromatic nitrogens is 1. The molecule has 1 fully saturated rings. The molecule has 0 spiro atoms. The van der Waals surface area contributed by atoms with Gasteiger partial charge in [-0.05, 0) is 61.2 Å². The Labute approximate surface area is 187 Å². The number of hydrogen-bond donors (Lipinski definition) is 3. The van der Waals surface area contributed by atoms with Crippen molar-refractivity contribution in [2.45, 2.75) is 63.8 Å². The molecule has 2 aromatic carbocycles. The number of carbonyl (C=O) groups is 2. The van der Waals surface area contributed by atoms with E-state index < -0.39 is 5.41 Å². The van der Waals surface area contributed by atoms with Crippen molar-refractivity contribution < 1.29 is 19.8 Å². The third-order valence-electron chi connectivity index (χ3n) is 6.34. The molecule has 1 aliphatic rings. The maximum absolute atomic E-state index is 13.1. The van der Waals surface area contributed by atoms with Crippen LogP contribution >= 0.6 is 0 Å². The van der Waals surface area contributed by atoms with E-state index in [1.165, 1.54) is 17.8 Å². The lowest BCUT2D eigenvalue weighted by molar-refractivity contribution is -0.118. The van der Waals surface area contributed by atoms with Gasteiger partial charge in [0.1, 0.15) is 6.29 Å². The predicted molar refractivity (Wildman–Crippen MR) is 125 cm³/mol. The fourth-order valence-electron chi connectivity index (χ4n) is 4.39. The van der Waals surface area contributed by atoms with E-state index in [9.17, 15) is 19.8 Å². The van der Waals surface area contributed by atoms with Crippen molar-refractivity contribution in [3.63, 3.8) is 0 Å². The molecule has 6 nitrogen and oxygen atoms in total. The highest BCUT2D eigenvalue weighted by molar-refractivity contribution is 6.02. The van der Waals surface area contributed by atoms with Gasteiger partial charge >= 0.3 is 0 Å². The van der Waals surface area contributed by atoms with Gasteiger partial charge in [0, 0.05) is 40.7 Å². The van der Waals surface area contributed by atoms with E-state index in [4.69, 9.17) is 0 Å². The summed E-state index contributed by atoms with van der Waals surface area (Å²) in [7, 11) is 0. The number of nitrogens with one attached hydrogen (secondary N) is 1. The largest absolute Gasteiger partial charge is 0.504 e. The van der Waals surface area contributed by atoms with Crippen LogP contribution in [0.4, 0.5) is 5.69 Å². The van der Waals surface area contributed by atoms with Gasteiger partial charge in [0.25, 0.3) is 0 Å². The second-order valence-corrected chi connectivity index (χ2v) is 9.75. The number of aldehydes is 1. The average Bonchev–Trinajstić information content (AvgIpc) is 3.46. The maximum Gasteiger partial charge on any atom is 0.235 e. The fraction of sp³-hybridized carbons (Fsp3) is 0.385. The summed E-state index contributed by atoms with van der Waals surface area (Å²) in [5.74, 6) is -0.514. The Morgan fingerprint density at radius 3 is 2.47 bits per heavy atom. The van der Waals surface area contributed by atoms with E-state index in [1.54, 1.807) is 6.07 Å². The van der Waals surface area contributed by atoms with Crippen molar-refractivity contribution >= 4 is 28.8 Å². The minimum atomic E-state index is -0.669. The number of rotatable bonds is 7. The summed E-state index contributed by atoms with van der Waals surface area (Å²) < 4.78 is 2.27. The molecule has 0 atom stereocenters. The number of hydrogen-bond acceptors (Lipinski definition) is 4. The lowest BCUT2D eigenvalue weighted by Gasteiger charge is -2.22. The summed E-state index contributed by atoms with van der Waals surface area (Å²) in [4.78, 5) is 23.9. The molecule has 4 rings (SSSR count). The lowest BCUT2D eigenvalue weighted by atomic mass is 9.92. The minimum absolute atomic E-state index is 0.0530. The van der Waals surface area contributed by atoms with E-state index in [-0.39, 0.29) is 22.8 Å². The second kappa shape index (κ2) is 8.01. The normalized spacial score (nSPS) is 15.0. The number of aryl methyl sites for hydroxylation is 1. The zero-order chi connectivity index (χ0) is 23.1. The first-order valence-corrected chi connectivity index (χ1v) is 11.1. The van der Waals surface area contributed by atoms with E-state index in [1.807, 2.05) is 18.2 Å². The first-order chi connectivity index (χ1) is 15.2. The standard InChI is InChI=1S/C26H30N2O4/c1-25(2,3)23-15-17-14-19(7-8-20(17)28(23)12-4-5-13-29)27-24(32)26(10-11-26)18-6-9-21(30)22(31)16-18/h6-9,13-16,30-31H,4-5,10-12H2,1-3H3,(H,27,32). The molecular weight excluding hydrogens is 404 g/mol. The van der Waals surface area contributed by atoms with E-state index in [0.717, 1.165) is 35.8 Å². The number of unbranched alkanes of at least 4 members (excludes halogenated alkanes) is 1. The van der Waals surface area contributed by atoms with Gasteiger partial charge < -0.3 is 24.9 Å². The van der Waals surface area contributed by atoms with Crippen LogP contribution in [0.2, 0.25) is 0 Å². The molecule has 1 aliphatic carbocycles. The number of nitrogens with zero attached hydrogens (tertiary/aromatic N) is 1. The van der Waals surface area contributed by atoms with Gasteiger partial charge in [-0.25, -0.2) is 0 Å². The maximum atomic E-state index is 13.1. The topological polar surface area (TPSA) is 91.6 Å². The highest BCUT2D eigenvalue weighted by Gasteiger charge is 2.51. The number of phenols is 2. The zero-order valence-corrected chi connectivity index (χ0v) is 18.8. The molecule has 1 aromatic heterocycles. The van der Waals surface area contributed by atoms with E-state index >= 15 is 0 Å². The average molecular weight is 435 g/mol. The van der Waals surface area contributed by atoms with Crippen molar-refractivity contribution in [1.29, 1.82) is 0 Å². The molecule has 0 bridgehead atoms. The van der Waals surface area contributed by atoms with Crippen LogP contribution in [0.15, 0.2) is 42.5 Å². The number of carbonyl (C=O) groups excluding carboxylic acids is 2. The van der Waals surface area contributed by atoms with Crippen LogP contribution < -0.4 is 5.32 Å². The number of benzene rings is 2. The number of fused-ring (bicyclic) bond motifs is 1. The smallest absolute Gasteiger partial charge is 0.235 e. The first kappa shape index (κ1) is 21.9. The van der Waals surface area contributed by atoms with Gasteiger partial charge in [0.15, 0.2) is 11.5 Å². The highest BCUT2D eigenvalue weighted by atomic mass is 16.3. The van der Waals surface area contributed by atoms with Crippen molar-refractivity contribution in [2.24, 2.45) is 0 Å². The number of aromatic hydroxyl groups is 2. The quantitative estimate of drug-likeness (QED) is 0.277. The Morgan fingerprint density at radius 2 is 1.84 bits per heavy atom. The Morgan fingerprint density at radius 1 is 1.09 bits per heavy atom. The number of amides is 1. The molecule has 1 saturated carbocycles. The molecule has 0 unspecified atom stereocenters. The third-order valence-corrected chi connectivity index (χ3v) is 6.34. The van der Waals surface area contributed by atoms with Crippen LogP contribution in [0.3, 0.4) is 0 Å². The van der Waals surface area contributed by atoms with Gasteiger partial charge in [-0.15, -0.1) is 0 Å². The summed E-state index contributed by atoms with van der Waals surface area (Å²) in [5, 5.41) is 23.5. The summed E-state index contributed by atoms with van der Waals surface area (Å²) in [6.07, 6.45) is 3.68. The summed E-state index contributed by atoms with van der Waals surface area (Å²) in [6, 6.07) is 12.7. The van der Waals surface area contributed by atoms with Crippen LogP contribution in [-0.2, 0) is 27.0 Å². The summed E-state index contributed by atoms with van der Waals surface area (Å²) in [5.41, 5.74) is 2.99. The fourth-order valence-corrected chi connectivity index (χ4v) is 4.39. The molecule has 1 amide bonds. The second-order valence-electron chi connectivity index (χ2n) is 9.75. The molecular formula is C26H30N2O4. The molecule has 1 heterocycles. The van der Waals surface area contributed by atoms with E-state index in [2.05, 4.69) is 36.7 Å². The number of phenolic OH excluding ortho intramolecular Hbond substituents is 2. The Bertz CT molecular complexity index is 1180. The lowest BCUT2D eigenvalue weighted by Crippen LogP contribution is -2.27. The zero-order valence-electron chi connectivity index (χ0n) is 18.8. The highest BCUT2D eigenvalue weighted by Crippen LogP contribution is 2.50. The molecule has 0 aliphatic heterocycles. The van der Waals surface area contributed by atoms with Crippen molar-refractivity contribution in [3.05, 3.63) is 53.7 Å². The van der Waals surface area contributed by atoms with Gasteiger partial charge in [-0.3, -0.25) is 4.79 Å². The van der Waals surface area contributed by atoms with Crippen LogP contribution in [0.25, 0.3) is 10.9 Å². The van der Waals surface area contributed by atoms with Crippen LogP contribution in [0, 0.1) is 0 Å². The third kappa shape index (κ3) is 3.97. The molecule has 32 heavy (non-hydrogen) atoms. The summed E-state index contributed by atoms with van der Waals surface area (Å²) in [6.45, 7) is 7.28. The predicted octanol–water partition coefficient (Wildman–Crippen LogP) is 5.00. The molecule has 3 N–H and O–H groups in total. The molecule has 6 heteroatoms. The molecule has 0 radical (unpaired) electrons. The Hall–Kier alpha value is -3.28. The monoisotopic (exact) mass is 434 g/mol. The number of anilines is 1. The first-order valence-electron chi connectivity index (χ1n) is 11.1. The van der Waals surface area contributed by atoms with Crippen LogP contribution in [-0.4, -0.2) is 27.0 Å². The van der Waals surface area contributed by atoms with Gasteiger partial charge in [0.2, 0.25) is 5.91 Å². The van der Waals surface area contributed by atoms with Gasteiger partial charge in [-0.1, -0.05) is 26.8 Å². The SMILES string of the molecule is CC(C)(C)c1cc2cc(NC(=O)C3(c4ccc(O)c(O)c4)CC3)ccc2n1CCCC=O. The minimum Gasteiger partial charge on any atom is -0.504 e. The Kier molecular flexibility index (Phi) is 5.49. The van der Waals surface area contributed by atoms with E-state index in [0.29, 0.717) is 24.8 Å². The van der Waals surface area contributed by atoms with Crippen LogP contribution in [0.1, 0.15) is 57.7 Å². The van der Waals surface area contributed by atoms with Crippen molar-refractivity contribution in [1.82, 2.24) is 4.57 Å². The van der Waals surface area contributed by atoms with Crippen molar-refractivity contribution in [3.8, 4) is 11.5 Å². The van der Waals surface area contributed by atoms with Gasteiger partial charge in [0.05, 0.1) is 5.41 Å². The molecule has 3 aromatic rings. The Balaban J connectivity index is 1.62.